The van der Waals surface area contributed by atoms with Crippen molar-refractivity contribution in [2.45, 2.75) is 78.4 Å². The van der Waals surface area contributed by atoms with Gasteiger partial charge in [-0.25, -0.2) is 0 Å². The summed E-state index contributed by atoms with van der Waals surface area (Å²) < 4.78 is 5.38. The van der Waals surface area contributed by atoms with Crippen molar-refractivity contribution in [3.05, 3.63) is 0 Å². The monoisotopic (exact) mass is 284 g/mol. The maximum atomic E-state index is 5.38. The Labute approximate surface area is 126 Å². The Morgan fingerprint density at radius 1 is 1.35 bits per heavy atom. The standard InChI is InChI=1S/C17H36N2O/c1-7-11-18-15-9-10-17(4,5)12-16(15)19(8-2)14(3)13-20-6/h14-16,18H,7-13H2,1-6H3. The lowest BCUT2D eigenvalue weighted by Gasteiger charge is -2.48. The highest BCUT2D eigenvalue weighted by Gasteiger charge is 2.38. The van der Waals surface area contributed by atoms with Crippen LogP contribution in [0.4, 0.5) is 0 Å². The lowest BCUT2D eigenvalue weighted by atomic mass is 9.72. The largest absolute Gasteiger partial charge is 0.383 e. The molecule has 0 spiro atoms. The van der Waals surface area contributed by atoms with Gasteiger partial charge in [0.25, 0.3) is 0 Å². The van der Waals surface area contributed by atoms with Gasteiger partial charge in [0.15, 0.2) is 0 Å². The van der Waals surface area contributed by atoms with Gasteiger partial charge in [-0.15, -0.1) is 0 Å². The summed E-state index contributed by atoms with van der Waals surface area (Å²) in [5.74, 6) is 0. The first-order valence-electron chi connectivity index (χ1n) is 8.43. The third kappa shape index (κ3) is 5.01. The summed E-state index contributed by atoms with van der Waals surface area (Å²) in [4.78, 5) is 2.65. The molecular weight excluding hydrogens is 248 g/mol. The van der Waals surface area contributed by atoms with Crippen LogP contribution in [0.25, 0.3) is 0 Å². The van der Waals surface area contributed by atoms with Crippen LogP contribution in [0.15, 0.2) is 0 Å². The molecule has 1 saturated carbocycles. The van der Waals surface area contributed by atoms with Gasteiger partial charge in [0.2, 0.25) is 0 Å². The van der Waals surface area contributed by atoms with Crippen molar-refractivity contribution in [2.24, 2.45) is 5.41 Å². The number of hydrogen-bond acceptors (Lipinski definition) is 3. The lowest BCUT2D eigenvalue weighted by Crippen LogP contribution is -2.57. The van der Waals surface area contributed by atoms with Crippen molar-refractivity contribution in [3.63, 3.8) is 0 Å². The van der Waals surface area contributed by atoms with Gasteiger partial charge < -0.3 is 10.1 Å². The average Bonchev–Trinajstić information content (AvgIpc) is 2.38. The zero-order valence-electron chi connectivity index (χ0n) is 14.5. The van der Waals surface area contributed by atoms with Gasteiger partial charge in [0, 0.05) is 25.2 Å². The van der Waals surface area contributed by atoms with Gasteiger partial charge in [0.1, 0.15) is 0 Å². The second kappa shape index (κ2) is 8.35. The van der Waals surface area contributed by atoms with Gasteiger partial charge in [0.05, 0.1) is 6.61 Å². The van der Waals surface area contributed by atoms with E-state index in [4.69, 9.17) is 4.74 Å². The molecule has 0 aromatic rings. The van der Waals surface area contributed by atoms with Crippen molar-refractivity contribution >= 4 is 0 Å². The predicted molar refractivity (Wildman–Crippen MR) is 87.2 cm³/mol. The molecule has 0 heterocycles. The van der Waals surface area contributed by atoms with E-state index in [2.05, 4.69) is 44.8 Å². The maximum Gasteiger partial charge on any atom is 0.0615 e. The van der Waals surface area contributed by atoms with Crippen LogP contribution in [0, 0.1) is 5.41 Å². The number of rotatable bonds is 8. The molecule has 1 N–H and O–H groups in total. The van der Waals surface area contributed by atoms with Crippen LogP contribution in [0.1, 0.15) is 60.3 Å². The highest BCUT2D eigenvalue weighted by molar-refractivity contribution is 4.95. The summed E-state index contributed by atoms with van der Waals surface area (Å²) in [6.07, 6.45) is 5.14. The van der Waals surface area contributed by atoms with Crippen molar-refractivity contribution in [3.8, 4) is 0 Å². The van der Waals surface area contributed by atoms with E-state index < -0.39 is 0 Å². The third-order valence-corrected chi connectivity index (χ3v) is 4.78. The Morgan fingerprint density at radius 2 is 2.05 bits per heavy atom. The van der Waals surface area contributed by atoms with E-state index in [1.165, 1.54) is 25.7 Å². The molecule has 0 aliphatic heterocycles. The molecule has 0 aromatic carbocycles. The minimum absolute atomic E-state index is 0.468. The first-order valence-corrected chi connectivity index (χ1v) is 8.43. The van der Waals surface area contributed by atoms with Crippen LogP contribution in [0.2, 0.25) is 0 Å². The van der Waals surface area contributed by atoms with E-state index in [0.717, 1.165) is 19.7 Å². The summed E-state index contributed by atoms with van der Waals surface area (Å²) in [5.41, 5.74) is 0.468. The van der Waals surface area contributed by atoms with Crippen molar-refractivity contribution < 1.29 is 4.74 Å². The Bertz CT molecular complexity index is 268. The second-order valence-corrected chi connectivity index (χ2v) is 7.17. The zero-order chi connectivity index (χ0) is 15.2. The van der Waals surface area contributed by atoms with Crippen molar-refractivity contribution in [1.82, 2.24) is 10.2 Å². The van der Waals surface area contributed by atoms with Crippen LogP contribution in [0.5, 0.6) is 0 Å². The maximum absolute atomic E-state index is 5.38. The van der Waals surface area contributed by atoms with Gasteiger partial charge in [-0.2, -0.15) is 0 Å². The summed E-state index contributed by atoms with van der Waals surface area (Å²) in [6.45, 7) is 14.7. The molecule has 0 radical (unpaired) electrons. The summed E-state index contributed by atoms with van der Waals surface area (Å²) in [5, 5.41) is 3.79. The molecule has 1 aliphatic carbocycles. The molecule has 0 amide bonds. The van der Waals surface area contributed by atoms with E-state index in [-0.39, 0.29) is 0 Å². The minimum atomic E-state index is 0.468. The molecule has 3 unspecified atom stereocenters. The van der Waals surface area contributed by atoms with Gasteiger partial charge >= 0.3 is 0 Å². The smallest absolute Gasteiger partial charge is 0.0615 e. The van der Waals surface area contributed by atoms with E-state index in [9.17, 15) is 0 Å². The highest BCUT2D eigenvalue weighted by atomic mass is 16.5. The van der Waals surface area contributed by atoms with Crippen molar-refractivity contribution in [1.29, 1.82) is 0 Å². The molecule has 3 atom stereocenters. The lowest BCUT2D eigenvalue weighted by molar-refractivity contribution is 0.0167. The Balaban J connectivity index is 2.79. The quantitative estimate of drug-likeness (QED) is 0.740. The average molecular weight is 284 g/mol. The molecule has 0 bridgehead atoms. The Kier molecular flexibility index (Phi) is 7.49. The predicted octanol–water partition coefficient (Wildman–Crippen LogP) is 3.29. The molecule has 20 heavy (non-hydrogen) atoms. The van der Waals surface area contributed by atoms with Crippen molar-refractivity contribution in [2.75, 3.05) is 26.8 Å². The first-order chi connectivity index (χ1) is 9.45. The molecule has 1 fully saturated rings. The number of likely N-dealkylation sites (N-methyl/N-ethyl adjacent to an activating group) is 1. The fraction of sp³-hybridized carbons (Fsp3) is 1.00. The molecule has 0 saturated heterocycles. The van der Waals surface area contributed by atoms with Crippen LogP contribution < -0.4 is 5.32 Å². The number of methoxy groups -OCH3 is 1. The first kappa shape index (κ1) is 17.9. The van der Waals surface area contributed by atoms with Crippen LogP contribution >= 0.6 is 0 Å². The second-order valence-electron chi connectivity index (χ2n) is 7.17. The summed E-state index contributed by atoms with van der Waals surface area (Å²) >= 11 is 0. The molecule has 0 aromatic heterocycles. The summed E-state index contributed by atoms with van der Waals surface area (Å²) in [6, 6.07) is 1.78. The van der Waals surface area contributed by atoms with E-state index in [0.29, 0.717) is 23.5 Å². The topological polar surface area (TPSA) is 24.5 Å². The Hall–Kier alpha value is -0.120. The van der Waals surface area contributed by atoms with Gasteiger partial charge in [-0.05, 0) is 51.1 Å². The molecule has 3 heteroatoms. The molecule has 120 valence electrons. The third-order valence-electron chi connectivity index (χ3n) is 4.78. The molecule has 1 aliphatic rings. The van der Waals surface area contributed by atoms with Gasteiger partial charge in [-0.3, -0.25) is 4.90 Å². The Morgan fingerprint density at radius 3 is 2.60 bits per heavy atom. The molecular formula is C17H36N2O. The SMILES string of the molecule is CCCNC1CCC(C)(C)CC1N(CC)C(C)COC. The normalized spacial score (nSPS) is 27.8. The number of ether oxygens (including phenoxy) is 1. The van der Waals surface area contributed by atoms with Gasteiger partial charge in [-0.1, -0.05) is 27.7 Å². The van der Waals surface area contributed by atoms with E-state index in [1.807, 2.05) is 7.11 Å². The van der Waals surface area contributed by atoms with Crippen LogP contribution in [0.3, 0.4) is 0 Å². The summed E-state index contributed by atoms with van der Waals surface area (Å²) in [7, 11) is 1.81. The number of nitrogens with zero attached hydrogens (tertiary/aromatic N) is 1. The zero-order valence-corrected chi connectivity index (χ0v) is 14.5. The van der Waals surface area contributed by atoms with E-state index >= 15 is 0 Å². The minimum Gasteiger partial charge on any atom is -0.383 e. The molecule has 1 rings (SSSR count). The van der Waals surface area contributed by atoms with E-state index in [1.54, 1.807) is 0 Å². The highest BCUT2D eigenvalue weighted by Crippen LogP contribution is 2.38. The van der Waals surface area contributed by atoms with Crippen LogP contribution in [-0.4, -0.2) is 49.8 Å². The number of hydrogen-bond donors (Lipinski definition) is 1. The molecule has 3 nitrogen and oxygen atoms in total. The number of nitrogens with one attached hydrogen (secondary N) is 1. The fourth-order valence-electron chi connectivity index (χ4n) is 3.68. The fourth-order valence-corrected chi connectivity index (χ4v) is 3.68. The van der Waals surface area contributed by atoms with Crippen LogP contribution in [-0.2, 0) is 4.74 Å².